The number of carbonyl (C=O) groups excluding carboxylic acids is 2. The summed E-state index contributed by atoms with van der Waals surface area (Å²) in [6.45, 7) is 15.2. The maximum absolute atomic E-state index is 11.4. The Kier molecular flexibility index (Phi) is 16.7. The third-order valence-electron chi connectivity index (χ3n) is 2.20. The minimum atomic E-state index is -0.466. The van der Waals surface area contributed by atoms with Gasteiger partial charge in [0.05, 0.1) is 5.92 Å². The van der Waals surface area contributed by atoms with Gasteiger partial charge in [-0.2, -0.15) is 0 Å². The van der Waals surface area contributed by atoms with Gasteiger partial charge in [-0.25, -0.2) is 0 Å². The van der Waals surface area contributed by atoms with E-state index in [1.165, 1.54) is 0 Å². The van der Waals surface area contributed by atoms with E-state index in [2.05, 4.69) is 11.9 Å². The van der Waals surface area contributed by atoms with Gasteiger partial charge >= 0.3 is 0 Å². The van der Waals surface area contributed by atoms with Crippen molar-refractivity contribution in [1.29, 1.82) is 0 Å². The summed E-state index contributed by atoms with van der Waals surface area (Å²) in [4.78, 5) is 22.4. The largest absolute Gasteiger partial charge is 0.369 e. The van der Waals surface area contributed by atoms with Crippen LogP contribution in [0, 0.1) is 11.8 Å². The van der Waals surface area contributed by atoms with Crippen LogP contribution in [-0.4, -0.2) is 18.9 Å². The molecule has 0 saturated heterocycles. The summed E-state index contributed by atoms with van der Waals surface area (Å²) in [6, 6.07) is 0. The van der Waals surface area contributed by atoms with Crippen LogP contribution < -0.4 is 11.1 Å². The van der Waals surface area contributed by atoms with Crippen LogP contribution in [-0.2, 0) is 9.59 Å². The molecule has 0 aromatic carbocycles. The Bertz CT molecular complexity index is 250. The molecule has 0 heterocycles. The van der Waals surface area contributed by atoms with Crippen molar-refractivity contribution in [2.24, 2.45) is 17.6 Å². The molecule has 0 aliphatic carbocycles. The molecule has 0 aromatic rings. The van der Waals surface area contributed by atoms with Crippen LogP contribution in [0.2, 0.25) is 0 Å². The molecule has 3 N–H and O–H groups in total. The number of amides is 2. The van der Waals surface area contributed by atoms with E-state index < -0.39 is 17.7 Å². The Labute approximate surface area is 112 Å². The fourth-order valence-corrected chi connectivity index (χ4v) is 1.26. The lowest BCUT2D eigenvalue weighted by molar-refractivity contribution is -0.132. The Hall–Kier alpha value is -1.32. The fourth-order valence-electron chi connectivity index (χ4n) is 1.26. The molecule has 4 heteroatoms. The number of hydrogen-bond acceptors (Lipinski definition) is 2. The Morgan fingerprint density at radius 3 is 1.83 bits per heavy atom. The number of nitrogens with two attached hydrogens (primary N) is 1. The zero-order valence-electron chi connectivity index (χ0n) is 13.0. The van der Waals surface area contributed by atoms with E-state index in [1.807, 2.05) is 34.6 Å². The van der Waals surface area contributed by atoms with Gasteiger partial charge in [-0.05, 0) is 13.3 Å². The number of primary amides is 1. The lowest BCUT2D eigenvalue weighted by atomic mass is 9.87. The molecular weight excluding hydrogens is 228 g/mol. The maximum atomic E-state index is 11.4. The van der Waals surface area contributed by atoms with Crippen molar-refractivity contribution in [3.63, 3.8) is 0 Å². The van der Waals surface area contributed by atoms with Crippen LogP contribution in [0.15, 0.2) is 12.2 Å². The number of nitrogens with one attached hydrogen (secondary N) is 1. The summed E-state index contributed by atoms with van der Waals surface area (Å²) in [6.07, 6.45) is 0.490. The van der Waals surface area contributed by atoms with Crippen molar-refractivity contribution in [1.82, 2.24) is 5.32 Å². The number of hydrogen-bond donors (Lipinski definition) is 2. The second-order valence-electron chi connectivity index (χ2n) is 3.57. The smallest absolute Gasteiger partial charge is 0.223 e. The van der Waals surface area contributed by atoms with Crippen molar-refractivity contribution >= 4 is 11.8 Å². The number of rotatable bonds is 5. The molecule has 0 aliphatic rings. The van der Waals surface area contributed by atoms with E-state index in [0.29, 0.717) is 6.42 Å². The first-order chi connectivity index (χ1) is 8.40. The van der Waals surface area contributed by atoms with E-state index in [1.54, 1.807) is 14.0 Å². The van der Waals surface area contributed by atoms with Crippen LogP contribution in [0.25, 0.3) is 0 Å². The topological polar surface area (TPSA) is 72.2 Å². The van der Waals surface area contributed by atoms with Crippen molar-refractivity contribution in [3.05, 3.63) is 12.2 Å². The zero-order chi connectivity index (χ0) is 15.3. The first-order valence-corrected chi connectivity index (χ1v) is 6.55. The standard InChI is InChI=1S/C10H18N2O2.2C2H6/c1-6(2)5-8(10(14)12-4)7(3)9(11)13;2*1-2/h7-8H,1,5H2,2-4H3,(H2,11,13)(H,12,14);2*1-2H3. The van der Waals surface area contributed by atoms with Crippen molar-refractivity contribution in [3.8, 4) is 0 Å². The number of carbonyl (C=O) groups is 2. The molecule has 0 aliphatic heterocycles. The first-order valence-electron chi connectivity index (χ1n) is 6.55. The molecule has 0 rings (SSSR count). The molecule has 0 bridgehead atoms. The van der Waals surface area contributed by atoms with Gasteiger partial charge in [-0.15, -0.1) is 6.58 Å². The summed E-state index contributed by atoms with van der Waals surface area (Å²) < 4.78 is 0. The molecule has 2 unspecified atom stereocenters. The fraction of sp³-hybridized carbons (Fsp3) is 0.714. The minimum Gasteiger partial charge on any atom is -0.369 e. The van der Waals surface area contributed by atoms with Crippen LogP contribution in [0.1, 0.15) is 48.0 Å². The normalized spacial score (nSPS) is 11.7. The summed E-state index contributed by atoms with van der Waals surface area (Å²) >= 11 is 0. The van der Waals surface area contributed by atoms with Gasteiger partial charge in [0.1, 0.15) is 0 Å². The van der Waals surface area contributed by atoms with Gasteiger partial charge in [-0.3, -0.25) is 9.59 Å². The van der Waals surface area contributed by atoms with Gasteiger partial charge in [0.15, 0.2) is 0 Å². The molecule has 0 aromatic heterocycles. The Morgan fingerprint density at radius 1 is 1.22 bits per heavy atom. The summed E-state index contributed by atoms with van der Waals surface area (Å²) in [5, 5.41) is 2.52. The lowest BCUT2D eigenvalue weighted by Crippen LogP contribution is -2.37. The number of allylic oxidation sites excluding steroid dienone is 1. The van der Waals surface area contributed by atoms with Crippen molar-refractivity contribution < 1.29 is 9.59 Å². The molecule has 2 amide bonds. The van der Waals surface area contributed by atoms with Crippen LogP contribution in [0.4, 0.5) is 0 Å². The van der Waals surface area contributed by atoms with Crippen LogP contribution in [0.5, 0.6) is 0 Å². The van der Waals surface area contributed by atoms with Crippen LogP contribution in [0.3, 0.4) is 0 Å². The van der Waals surface area contributed by atoms with Crippen LogP contribution >= 0.6 is 0 Å². The van der Waals surface area contributed by atoms with Gasteiger partial charge in [0.25, 0.3) is 0 Å². The highest BCUT2D eigenvalue weighted by Gasteiger charge is 2.27. The van der Waals surface area contributed by atoms with Gasteiger partial charge < -0.3 is 11.1 Å². The third-order valence-corrected chi connectivity index (χ3v) is 2.20. The summed E-state index contributed by atoms with van der Waals surface area (Å²) in [5.41, 5.74) is 6.02. The molecule has 0 fully saturated rings. The third kappa shape index (κ3) is 9.87. The van der Waals surface area contributed by atoms with E-state index in [4.69, 9.17) is 5.73 Å². The predicted molar refractivity (Wildman–Crippen MR) is 78.0 cm³/mol. The Balaban J connectivity index is -0.000000506. The Morgan fingerprint density at radius 2 is 1.61 bits per heavy atom. The van der Waals surface area contributed by atoms with E-state index in [0.717, 1.165) is 5.57 Å². The highest BCUT2D eigenvalue weighted by molar-refractivity contribution is 5.86. The average molecular weight is 258 g/mol. The minimum absolute atomic E-state index is 0.167. The van der Waals surface area contributed by atoms with Crippen molar-refractivity contribution in [2.45, 2.75) is 48.0 Å². The average Bonchev–Trinajstić information content (AvgIpc) is 2.38. The van der Waals surface area contributed by atoms with E-state index >= 15 is 0 Å². The molecule has 18 heavy (non-hydrogen) atoms. The van der Waals surface area contributed by atoms with Gasteiger partial charge in [0.2, 0.25) is 11.8 Å². The summed E-state index contributed by atoms with van der Waals surface area (Å²) in [7, 11) is 1.54. The second kappa shape index (κ2) is 13.7. The molecule has 0 radical (unpaired) electrons. The molecule has 0 saturated carbocycles. The van der Waals surface area contributed by atoms with Gasteiger partial charge in [0, 0.05) is 13.0 Å². The lowest BCUT2D eigenvalue weighted by Gasteiger charge is -2.19. The molecule has 0 spiro atoms. The molecular formula is C14H30N2O2. The first kappa shape index (κ1) is 21.9. The molecule has 108 valence electrons. The quantitative estimate of drug-likeness (QED) is 0.744. The van der Waals surface area contributed by atoms with Crippen molar-refractivity contribution in [2.75, 3.05) is 7.05 Å². The van der Waals surface area contributed by atoms with E-state index in [9.17, 15) is 9.59 Å². The zero-order valence-corrected chi connectivity index (χ0v) is 13.0. The van der Waals surface area contributed by atoms with E-state index in [-0.39, 0.29) is 5.91 Å². The molecule has 4 nitrogen and oxygen atoms in total. The SMILES string of the molecule is C=C(C)CC(C(=O)NC)C(C)C(N)=O.CC.CC. The second-order valence-corrected chi connectivity index (χ2v) is 3.57. The maximum Gasteiger partial charge on any atom is 0.223 e. The highest BCUT2D eigenvalue weighted by Crippen LogP contribution is 2.19. The molecule has 2 atom stereocenters. The van der Waals surface area contributed by atoms with Gasteiger partial charge in [-0.1, -0.05) is 40.2 Å². The predicted octanol–water partition coefficient (Wildman–Crippen LogP) is 2.49. The highest BCUT2D eigenvalue weighted by atomic mass is 16.2. The monoisotopic (exact) mass is 258 g/mol. The summed E-state index contributed by atoms with van der Waals surface area (Å²) in [5.74, 6) is -1.50.